The van der Waals surface area contributed by atoms with Crippen LogP contribution in [0.4, 0.5) is 0 Å². The molecule has 0 aromatic heterocycles. The van der Waals surface area contributed by atoms with E-state index < -0.39 is 0 Å². The van der Waals surface area contributed by atoms with Crippen molar-refractivity contribution in [3.63, 3.8) is 0 Å². The van der Waals surface area contributed by atoms with Gasteiger partial charge in [0.2, 0.25) is 0 Å². The molecule has 0 nitrogen and oxygen atoms in total. The summed E-state index contributed by atoms with van der Waals surface area (Å²) in [5, 5.41) is 5.33. The van der Waals surface area contributed by atoms with E-state index in [1.54, 1.807) is 0 Å². The van der Waals surface area contributed by atoms with Gasteiger partial charge in [-0.05, 0) is 125 Å². The average molecular weight is 667 g/mol. The summed E-state index contributed by atoms with van der Waals surface area (Å²) >= 11 is 0. The van der Waals surface area contributed by atoms with Crippen LogP contribution in [0.25, 0.3) is 66.1 Å². The summed E-state index contributed by atoms with van der Waals surface area (Å²) in [5.41, 5.74) is 20.3. The fraction of sp³-hybridized carbons (Fsp3) is 0.154. The summed E-state index contributed by atoms with van der Waals surface area (Å²) < 4.78 is 0. The Morgan fingerprint density at radius 2 is 0.942 bits per heavy atom. The Morgan fingerprint density at radius 1 is 0.385 bits per heavy atom. The minimum Gasteiger partial charge on any atom is -0.0622 e. The summed E-state index contributed by atoms with van der Waals surface area (Å²) in [7, 11) is 0. The first-order valence-corrected chi connectivity index (χ1v) is 18.7. The third-order valence-electron chi connectivity index (χ3n) is 12.4. The smallest absolute Gasteiger partial charge is 0.0159 e. The highest BCUT2D eigenvalue weighted by molar-refractivity contribution is 6.10. The topological polar surface area (TPSA) is 0 Å². The van der Waals surface area contributed by atoms with Crippen LogP contribution in [0.2, 0.25) is 0 Å². The van der Waals surface area contributed by atoms with Crippen LogP contribution in [-0.4, -0.2) is 0 Å². The van der Waals surface area contributed by atoms with E-state index in [1.165, 1.54) is 105 Å². The van der Waals surface area contributed by atoms with Crippen LogP contribution in [0.3, 0.4) is 0 Å². The van der Waals surface area contributed by atoms with Gasteiger partial charge < -0.3 is 0 Å². The first-order chi connectivity index (χ1) is 25.2. The quantitative estimate of drug-likeness (QED) is 0.175. The molecule has 2 aliphatic carbocycles. The Morgan fingerprint density at radius 3 is 1.62 bits per heavy atom. The standard InChI is InChI=1S/C52H42/c1-32-23-25-35(41(27-32)44-31-48-49(37-18-10-9-17-36(37)44)39-19-11-13-21-45(39)52(48,4)5)28-33-24-26-38-43(29-33)42(34-15-7-6-8-16-34)30-47-50(38)40-20-12-14-22-46(40)51(47,2)3/h6-27,29-31H,28H2,1-5H3. The first kappa shape index (κ1) is 31.1. The molecule has 52 heavy (non-hydrogen) atoms. The van der Waals surface area contributed by atoms with Crippen LogP contribution in [0, 0.1) is 6.92 Å². The molecule has 0 saturated carbocycles. The Balaban J connectivity index is 1.17. The zero-order valence-corrected chi connectivity index (χ0v) is 30.6. The number of hydrogen-bond acceptors (Lipinski definition) is 0. The van der Waals surface area contributed by atoms with Gasteiger partial charge in [0.05, 0.1) is 0 Å². The van der Waals surface area contributed by atoms with Gasteiger partial charge in [0.25, 0.3) is 0 Å². The van der Waals surface area contributed by atoms with E-state index in [4.69, 9.17) is 0 Å². The molecule has 2 aliphatic rings. The molecule has 0 bridgehead atoms. The predicted octanol–water partition coefficient (Wildman–Crippen LogP) is 13.8. The summed E-state index contributed by atoms with van der Waals surface area (Å²) in [4.78, 5) is 0. The molecule has 8 aromatic rings. The Kier molecular flexibility index (Phi) is 6.65. The predicted molar refractivity (Wildman–Crippen MR) is 221 cm³/mol. The van der Waals surface area contributed by atoms with Gasteiger partial charge >= 0.3 is 0 Å². The molecule has 0 atom stereocenters. The highest BCUT2D eigenvalue weighted by Gasteiger charge is 2.38. The molecule has 0 heterocycles. The maximum Gasteiger partial charge on any atom is 0.0159 e. The molecule has 0 heteroatoms. The second kappa shape index (κ2) is 11.1. The molecule has 0 aliphatic heterocycles. The maximum atomic E-state index is 2.52. The largest absolute Gasteiger partial charge is 0.0622 e. The average Bonchev–Trinajstić information content (AvgIpc) is 3.54. The lowest BCUT2D eigenvalue weighted by atomic mass is 9.79. The SMILES string of the molecule is Cc1ccc(Cc2ccc3c4c(cc(-c5ccccc5)c3c2)C(C)(C)c2ccccc2-4)c(-c2cc3c(c4ccccc24)-c2ccccc2C3(C)C)c1. The third-order valence-corrected chi connectivity index (χ3v) is 12.4. The van der Waals surface area contributed by atoms with Crippen molar-refractivity contribution in [1.82, 2.24) is 0 Å². The van der Waals surface area contributed by atoms with E-state index in [9.17, 15) is 0 Å². The normalized spacial score (nSPS) is 14.6. The molecular formula is C52H42. The van der Waals surface area contributed by atoms with Crippen molar-refractivity contribution in [2.75, 3.05) is 0 Å². The van der Waals surface area contributed by atoms with Crippen LogP contribution < -0.4 is 0 Å². The third kappa shape index (κ3) is 4.40. The van der Waals surface area contributed by atoms with E-state index >= 15 is 0 Å². The zero-order valence-electron chi connectivity index (χ0n) is 30.6. The van der Waals surface area contributed by atoms with Crippen molar-refractivity contribution >= 4 is 21.5 Å². The summed E-state index contributed by atoms with van der Waals surface area (Å²) in [5.74, 6) is 0. The number of benzene rings is 8. The van der Waals surface area contributed by atoms with Crippen LogP contribution in [0.15, 0.2) is 152 Å². The van der Waals surface area contributed by atoms with Crippen molar-refractivity contribution in [1.29, 1.82) is 0 Å². The first-order valence-electron chi connectivity index (χ1n) is 18.7. The molecule has 250 valence electrons. The molecule has 0 amide bonds. The van der Waals surface area contributed by atoms with Crippen molar-refractivity contribution in [2.24, 2.45) is 0 Å². The fourth-order valence-corrected chi connectivity index (χ4v) is 9.70. The van der Waals surface area contributed by atoms with Crippen LogP contribution in [0.5, 0.6) is 0 Å². The van der Waals surface area contributed by atoms with Crippen molar-refractivity contribution in [3.05, 3.63) is 191 Å². The molecule has 0 saturated heterocycles. The van der Waals surface area contributed by atoms with E-state index in [1.807, 2.05) is 0 Å². The van der Waals surface area contributed by atoms with Crippen LogP contribution >= 0.6 is 0 Å². The molecule has 8 aromatic carbocycles. The molecule has 0 unspecified atom stereocenters. The van der Waals surface area contributed by atoms with Crippen LogP contribution in [-0.2, 0) is 17.3 Å². The van der Waals surface area contributed by atoms with Gasteiger partial charge in [-0.15, -0.1) is 0 Å². The molecule has 0 radical (unpaired) electrons. The van der Waals surface area contributed by atoms with E-state index in [-0.39, 0.29) is 10.8 Å². The van der Waals surface area contributed by atoms with E-state index in [2.05, 4.69) is 186 Å². The summed E-state index contributed by atoms with van der Waals surface area (Å²) in [6.07, 6.45) is 0.855. The number of hydrogen-bond donors (Lipinski definition) is 0. The maximum absolute atomic E-state index is 2.52. The number of aryl methyl sites for hydroxylation is 1. The lowest BCUT2D eigenvalue weighted by Crippen LogP contribution is -2.15. The Labute approximate surface area is 307 Å². The van der Waals surface area contributed by atoms with Gasteiger partial charge in [-0.3, -0.25) is 0 Å². The highest BCUT2D eigenvalue weighted by Crippen LogP contribution is 2.55. The lowest BCUT2D eigenvalue weighted by molar-refractivity contribution is 0.661. The van der Waals surface area contributed by atoms with Gasteiger partial charge in [-0.25, -0.2) is 0 Å². The van der Waals surface area contributed by atoms with Crippen LogP contribution in [0.1, 0.15) is 66.6 Å². The van der Waals surface area contributed by atoms with Gasteiger partial charge in [0.15, 0.2) is 0 Å². The van der Waals surface area contributed by atoms with Crippen molar-refractivity contribution in [2.45, 2.75) is 51.9 Å². The molecule has 0 spiro atoms. The van der Waals surface area contributed by atoms with E-state index in [0.717, 1.165) is 6.42 Å². The second-order valence-corrected chi connectivity index (χ2v) is 16.2. The molecule has 0 N–H and O–H groups in total. The number of rotatable bonds is 4. The second-order valence-electron chi connectivity index (χ2n) is 16.2. The van der Waals surface area contributed by atoms with Gasteiger partial charge in [0, 0.05) is 10.8 Å². The lowest BCUT2D eigenvalue weighted by Gasteiger charge is -2.24. The molecule has 10 rings (SSSR count). The number of fused-ring (bicyclic) bond motifs is 10. The van der Waals surface area contributed by atoms with Gasteiger partial charge in [0.1, 0.15) is 0 Å². The van der Waals surface area contributed by atoms with Crippen molar-refractivity contribution in [3.8, 4) is 44.5 Å². The minimum absolute atomic E-state index is 0.0618. The molecular weight excluding hydrogens is 625 g/mol. The zero-order chi connectivity index (χ0) is 35.4. The highest BCUT2D eigenvalue weighted by atomic mass is 14.4. The Hall–Kier alpha value is -5.72. The molecule has 0 fully saturated rings. The monoisotopic (exact) mass is 666 g/mol. The summed E-state index contributed by atoms with van der Waals surface area (Å²) in [6.45, 7) is 11.8. The van der Waals surface area contributed by atoms with Crippen molar-refractivity contribution < 1.29 is 0 Å². The summed E-state index contributed by atoms with van der Waals surface area (Å²) in [6, 6.07) is 57.4. The minimum atomic E-state index is -0.0751. The van der Waals surface area contributed by atoms with Gasteiger partial charge in [-0.1, -0.05) is 173 Å². The fourth-order valence-electron chi connectivity index (χ4n) is 9.70. The van der Waals surface area contributed by atoms with Gasteiger partial charge in [-0.2, -0.15) is 0 Å². The Bertz CT molecular complexity index is 2760. The van der Waals surface area contributed by atoms with E-state index in [0.29, 0.717) is 0 Å².